The van der Waals surface area contributed by atoms with Crippen LogP contribution in [0.25, 0.3) is 0 Å². The molecule has 5 heteroatoms. The predicted molar refractivity (Wildman–Crippen MR) is 166 cm³/mol. The van der Waals surface area contributed by atoms with Crippen molar-refractivity contribution in [3.8, 4) is 0 Å². The van der Waals surface area contributed by atoms with Gasteiger partial charge in [-0.25, -0.2) is 0 Å². The molecule has 9 atom stereocenters. The molecule has 3 unspecified atom stereocenters. The lowest BCUT2D eigenvalue weighted by atomic mass is 9.46. The first-order chi connectivity index (χ1) is 18.0. The molecule has 0 heterocycles. The normalized spacial score (nSPS) is 40.2. The minimum absolute atomic E-state index is 0.139. The average molecular weight is 563 g/mol. The summed E-state index contributed by atoms with van der Waals surface area (Å²) in [6.45, 7) is 21.5. The monoisotopic (exact) mass is 562 g/mol. The van der Waals surface area contributed by atoms with Crippen LogP contribution in [0, 0.1) is 34.5 Å². The van der Waals surface area contributed by atoms with Gasteiger partial charge in [0.25, 0.3) is 0 Å². The Morgan fingerprint density at radius 3 is 2.00 bits per heavy atom. The Labute approximate surface area is 238 Å². The van der Waals surface area contributed by atoms with E-state index >= 15 is 0 Å². The van der Waals surface area contributed by atoms with Gasteiger partial charge in [0.1, 0.15) is 0 Å². The zero-order valence-corrected chi connectivity index (χ0v) is 28.6. The SMILES string of the molecule is CC[Si](CC)(CC)OC1CC2=CC[C@H]3[C@@H]4CC[C@H](C(C)O)[C@@]4(C)CC[C@@H]3[C@@]2(C)C(O[Si](CC)(CC)CC)C1. The molecule has 4 aliphatic carbocycles. The minimum Gasteiger partial charge on any atom is -0.414 e. The molecule has 4 rings (SSSR count). The molecule has 3 saturated carbocycles. The van der Waals surface area contributed by atoms with E-state index in [-0.39, 0.29) is 11.5 Å². The van der Waals surface area contributed by atoms with E-state index < -0.39 is 16.6 Å². The van der Waals surface area contributed by atoms with Gasteiger partial charge in [-0.2, -0.15) is 0 Å². The summed E-state index contributed by atoms with van der Waals surface area (Å²) in [7, 11) is -3.44. The molecular weight excluding hydrogens is 501 g/mol. The Balaban J connectivity index is 1.71. The van der Waals surface area contributed by atoms with Crippen LogP contribution in [0.3, 0.4) is 0 Å². The Morgan fingerprint density at radius 1 is 0.868 bits per heavy atom. The molecule has 0 aromatic rings. The first kappa shape index (κ1) is 31.0. The second-order valence-corrected chi connectivity index (χ2v) is 23.8. The van der Waals surface area contributed by atoms with Crippen molar-refractivity contribution in [1.29, 1.82) is 0 Å². The van der Waals surface area contributed by atoms with Crippen LogP contribution in [0.15, 0.2) is 11.6 Å². The van der Waals surface area contributed by atoms with Crippen molar-refractivity contribution in [3.63, 3.8) is 0 Å². The minimum atomic E-state index is -1.77. The van der Waals surface area contributed by atoms with Crippen LogP contribution >= 0.6 is 0 Å². The van der Waals surface area contributed by atoms with Crippen molar-refractivity contribution in [2.24, 2.45) is 34.5 Å². The molecule has 0 aliphatic heterocycles. The van der Waals surface area contributed by atoms with Crippen LogP contribution in [0.1, 0.15) is 107 Å². The number of aliphatic hydroxyl groups excluding tert-OH is 1. The Hall–Kier alpha value is 0.0538. The summed E-state index contributed by atoms with van der Waals surface area (Å²) in [4.78, 5) is 0. The van der Waals surface area contributed by atoms with E-state index in [1.165, 1.54) is 68.4 Å². The van der Waals surface area contributed by atoms with Gasteiger partial charge in [0.15, 0.2) is 16.6 Å². The molecule has 1 N–H and O–H groups in total. The molecule has 0 aromatic carbocycles. The van der Waals surface area contributed by atoms with Crippen molar-refractivity contribution in [1.82, 2.24) is 0 Å². The summed E-state index contributed by atoms with van der Waals surface area (Å²) in [5.74, 6) is 2.67. The first-order valence-corrected chi connectivity index (χ1v) is 21.8. The summed E-state index contributed by atoms with van der Waals surface area (Å²) in [5, 5.41) is 10.7. The molecule has 3 nitrogen and oxygen atoms in total. The molecule has 0 spiro atoms. The van der Waals surface area contributed by atoms with E-state index in [4.69, 9.17) is 8.85 Å². The van der Waals surface area contributed by atoms with Crippen molar-refractivity contribution in [2.45, 2.75) is 162 Å². The first-order valence-electron chi connectivity index (χ1n) is 16.7. The van der Waals surface area contributed by atoms with Crippen LogP contribution in [-0.2, 0) is 8.85 Å². The fourth-order valence-electron chi connectivity index (χ4n) is 10.4. The summed E-state index contributed by atoms with van der Waals surface area (Å²) in [5.41, 5.74) is 2.13. The molecule has 3 fully saturated rings. The van der Waals surface area contributed by atoms with Gasteiger partial charge in [-0.3, -0.25) is 0 Å². The van der Waals surface area contributed by atoms with Crippen molar-refractivity contribution >= 4 is 16.6 Å². The highest BCUT2D eigenvalue weighted by Gasteiger charge is 2.62. The van der Waals surface area contributed by atoms with Crippen LogP contribution in [-0.4, -0.2) is 40.1 Å². The number of allylic oxidation sites excluding steroid dienone is 1. The molecule has 0 bridgehead atoms. The molecule has 4 aliphatic rings. The van der Waals surface area contributed by atoms with Gasteiger partial charge < -0.3 is 14.0 Å². The molecule has 0 amide bonds. The van der Waals surface area contributed by atoms with Crippen LogP contribution in [0.4, 0.5) is 0 Å². The fraction of sp³-hybridized carbons (Fsp3) is 0.939. The van der Waals surface area contributed by atoms with E-state index in [0.29, 0.717) is 29.5 Å². The lowest BCUT2D eigenvalue weighted by Gasteiger charge is -2.61. The topological polar surface area (TPSA) is 38.7 Å². The van der Waals surface area contributed by atoms with Gasteiger partial charge in [-0.1, -0.05) is 67.0 Å². The lowest BCUT2D eigenvalue weighted by Crippen LogP contribution is -2.59. The summed E-state index contributed by atoms with van der Waals surface area (Å²) in [6.07, 6.45) is 11.7. The van der Waals surface area contributed by atoms with E-state index in [1.807, 2.05) is 6.92 Å². The third-order valence-electron chi connectivity index (χ3n) is 13.5. The number of hydrogen-bond donors (Lipinski definition) is 1. The van der Waals surface area contributed by atoms with E-state index in [1.54, 1.807) is 5.57 Å². The van der Waals surface area contributed by atoms with Crippen LogP contribution < -0.4 is 0 Å². The van der Waals surface area contributed by atoms with Crippen LogP contribution in [0.5, 0.6) is 0 Å². The maximum absolute atomic E-state index is 10.7. The quantitative estimate of drug-likeness (QED) is 0.201. The van der Waals surface area contributed by atoms with E-state index in [0.717, 1.165) is 24.7 Å². The molecule has 0 aromatic heterocycles. The number of fused-ring (bicyclic) bond motifs is 5. The maximum Gasteiger partial charge on any atom is 0.192 e. The van der Waals surface area contributed by atoms with E-state index in [2.05, 4.69) is 61.5 Å². The third-order valence-corrected chi connectivity index (χ3v) is 22.8. The highest BCUT2D eigenvalue weighted by molar-refractivity contribution is 6.74. The second kappa shape index (κ2) is 11.7. The second-order valence-electron chi connectivity index (χ2n) is 14.4. The summed E-state index contributed by atoms with van der Waals surface area (Å²) in [6, 6.07) is 7.35. The molecule has 0 radical (unpaired) electrons. The Bertz CT molecular complexity index is 818. The van der Waals surface area contributed by atoms with Gasteiger partial charge >= 0.3 is 0 Å². The van der Waals surface area contributed by atoms with Gasteiger partial charge in [0.05, 0.1) is 18.3 Å². The summed E-state index contributed by atoms with van der Waals surface area (Å²) < 4.78 is 14.8. The predicted octanol–water partition coefficient (Wildman–Crippen LogP) is 9.34. The highest BCUT2D eigenvalue weighted by Crippen LogP contribution is 2.67. The number of rotatable bonds is 11. The zero-order valence-electron chi connectivity index (χ0n) is 26.6. The van der Waals surface area contributed by atoms with Gasteiger partial charge in [0.2, 0.25) is 0 Å². The van der Waals surface area contributed by atoms with E-state index in [9.17, 15) is 5.11 Å². The van der Waals surface area contributed by atoms with Gasteiger partial charge in [-0.15, -0.1) is 0 Å². The summed E-state index contributed by atoms with van der Waals surface area (Å²) >= 11 is 0. The Kier molecular flexibility index (Phi) is 9.58. The molecule has 0 saturated heterocycles. The lowest BCUT2D eigenvalue weighted by molar-refractivity contribution is -0.105. The standard InChI is InChI=1S/C33H62O3Si2/c1-10-37(11-2,12-3)35-26-22-25-16-17-27-29-19-18-28(24(7)34)32(29,8)21-20-30(27)33(25,9)31(23-26)36-38(13-4,14-5)15-6/h16,24,26-31,34H,10-15,17-23H2,1-9H3/t24?,26?,27-,28+,29-,30-,31?,32+,33-/m0/s1. The van der Waals surface area contributed by atoms with Crippen molar-refractivity contribution in [2.75, 3.05) is 0 Å². The Morgan fingerprint density at radius 2 is 1.45 bits per heavy atom. The highest BCUT2D eigenvalue weighted by atomic mass is 28.4. The van der Waals surface area contributed by atoms with Gasteiger partial charge in [-0.05, 0) is 117 Å². The molecule has 38 heavy (non-hydrogen) atoms. The number of hydrogen-bond acceptors (Lipinski definition) is 3. The maximum atomic E-state index is 10.7. The fourth-order valence-corrected chi connectivity index (χ4v) is 16.2. The van der Waals surface area contributed by atoms with Crippen LogP contribution in [0.2, 0.25) is 36.3 Å². The zero-order chi connectivity index (χ0) is 27.9. The van der Waals surface area contributed by atoms with Gasteiger partial charge in [0, 0.05) is 5.41 Å². The third kappa shape index (κ3) is 5.01. The molecular formula is C33H62O3Si2. The largest absolute Gasteiger partial charge is 0.414 e. The number of aliphatic hydroxyl groups is 1. The van der Waals surface area contributed by atoms with Crippen molar-refractivity contribution in [3.05, 3.63) is 11.6 Å². The smallest absolute Gasteiger partial charge is 0.192 e. The molecule has 220 valence electrons. The average Bonchev–Trinajstić information content (AvgIpc) is 3.28. The van der Waals surface area contributed by atoms with Crippen molar-refractivity contribution < 1.29 is 14.0 Å².